The first-order valence-electron chi connectivity index (χ1n) is 7.12. The van der Waals surface area contributed by atoms with Crippen LogP contribution in [0.5, 0.6) is 0 Å². The van der Waals surface area contributed by atoms with Gasteiger partial charge in [-0.1, -0.05) is 19.3 Å². The number of aliphatic hydroxyl groups is 1. The molecule has 0 bridgehead atoms. The van der Waals surface area contributed by atoms with E-state index in [-0.39, 0.29) is 5.95 Å². The van der Waals surface area contributed by atoms with Crippen molar-refractivity contribution in [3.05, 3.63) is 18.5 Å². The molecule has 0 spiro atoms. The molecule has 1 saturated carbocycles. The molecule has 21 heavy (non-hydrogen) atoms. The number of hydrogen-bond acceptors (Lipinski definition) is 7. The molecule has 3 rings (SSSR count). The fourth-order valence-electron chi connectivity index (χ4n) is 2.58. The van der Waals surface area contributed by atoms with Gasteiger partial charge in [0.25, 0.3) is 5.95 Å². The van der Waals surface area contributed by atoms with E-state index >= 15 is 0 Å². The first-order chi connectivity index (χ1) is 10.1. The Kier molecular flexibility index (Phi) is 3.70. The van der Waals surface area contributed by atoms with Crippen molar-refractivity contribution in [2.75, 3.05) is 17.6 Å². The van der Waals surface area contributed by atoms with Crippen LogP contribution in [-0.4, -0.2) is 42.0 Å². The van der Waals surface area contributed by atoms with E-state index in [9.17, 15) is 5.11 Å². The molecule has 0 amide bonds. The summed E-state index contributed by atoms with van der Waals surface area (Å²) >= 11 is 0. The Hall–Kier alpha value is -2.22. The van der Waals surface area contributed by atoms with Gasteiger partial charge in [-0.15, -0.1) is 0 Å². The zero-order chi connectivity index (χ0) is 14.7. The van der Waals surface area contributed by atoms with Gasteiger partial charge in [-0.2, -0.15) is 20.1 Å². The standard InChI is InChI=1S/C13H19N7O/c14-10-17-11(15-9-13(21)5-2-1-3-6-13)19-12(18-10)20-8-4-7-16-20/h4,7-8,21H,1-3,5-6,9H2,(H3,14,15,17,18,19). The van der Waals surface area contributed by atoms with Gasteiger partial charge >= 0.3 is 0 Å². The minimum atomic E-state index is -0.689. The highest BCUT2D eigenvalue weighted by molar-refractivity contribution is 5.35. The highest BCUT2D eigenvalue weighted by Gasteiger charge is 2.29. The van der Waals surface area contributed by atoms with Crippen LogP contribution in [0.1, 0.15) is 32.1 Å². The summed E-state index contributed by atoms with van der Waals surface area (Å²) in [7, 11) is 0. The molecule has 8 heteroatoms. The predicted molar refractivity (Wildman–Crippen MR) is 77.9 cm³/mol. The first kappa shape index (κ1) is 13.7. The molecular formula is C13H19N7O. The molecule has 1 fully saturated rings. The molecule has 0 radical (unpaired) electrons. The number of hydrogen-bond donors (Lipinski definition) is 3. The van der Waals surface area contributed by atoms with Crippen LogP contribution in [0, 0.1) is 0 Å². The zero-order valence-electron chi connectivity index (χ0n) is 11.7. The Morgan fingerprint density at radius 1 is 1.24 bits per heavy atom. The van der Waals surface area contributed by atoms with Crippen LogP contribution in [0.2, 0.25) is 0 Å². The van der Waals surface area contributed by atoms with Gasteiger partial charge in [-0.25, -0.2) is 4.68 Å². The number of nitrogens with zero attached hydrogens (tertiary/aromatic N) is 5. The van der Waals surface area contributed by atoms with Crippen molar-refractivity contribution < 1.29 is 5.11 Å². The minimum Gasteiger partial charge on any atom is -0.388 e. The minimum absolute atomic E-state index is 0.119. The third-order valence-corrected chi connectivity index (χ3v) is 3.71. The average Bonchev–Trinajstić information content (AvgIpc) is 3.00. The Bertz CT molecular complexity index is 593. The third kappa shape index (κ3) is 3.27. The van der Waals surface area contributed by atoms with Crippen LogP contribution >= 0.6 is 0 Å². The lowest BCUT2D eigenvalue weighted by atomic mass is 9.85. The molecule has 0 aromatic carbocycles. The van der Waals surface area contributed by atoms with E-state index in [1.807, 2.05) is 0 Å². The lowest BCUT2D eigenvalue weighted by Gasteiger charge is -2.32. The molecule has 0 aliphatic heterocycles. The molecule has 1 aliphatic rings. The average molecular weight is 289 g/mol. The number of nitrogen functional groups attached to an aromatic ring is 1. The van der Waals surface area contributed by atoms with E-state index in [4.69, 9.17) is 5.73 Å². The van der Waals surface area contributed by atoms with E-state index in [1.165, 1.54) is 11.1 Å². The zero-order valence-corrected chi connectivity index (χ0v) is 11.7. The van der Waals surface area contributed by atoms with E-state index < -0.39 is 5.60 Å². The number of aromatic nitrogens is 5. The second-order valence-electron chi connectivity index (χ2n) is 5.41. The number of anilines is 2. The van der Waals surface area contributed by atoms with Gasteiger partial charge in [0, 0.05) is 18.9 Å². The summed E-state index contributed by atoms with van der Waals surface area (Å²) in [6.07, 6.45) is 8.25. The van der Waals surface area contributed by atoms with Gasteiger partial charge in [-0.05, 0) is 18.9 Å². The summed E-state index contributed by atoms with van der Waals surface area (Å²) in [6.45, 7) is 0.412. The first-order valence-corrected chi connectivity index (χ1v) is 7.12. The largest absolute Gasteiger partial charge is 0.388 e. The summed E-state index contributed by atoms with van der Waals surface area (Å²) in [5.74, 6) is 0.825. The summed E-state index contributed by atoms with van der Waals surface area (Å²) in [5.41, 5.74) is 5.01. The molecule has 2 aromatic rings. The van der Waals surface area contributed by atoms with Crippen LogP contribution in [0.15, 0.2) is 18.5 Å². The molecule has 4 N–H and O–H groups in total. The topological polar surface area (TPSA) is 115 Å². The van der Waals surface area contributed by atoms with E-state index in [2.05, 4.69) is 25.4 Å². The molecule has 2 aromatic heterocycles. The Labute approximate surface area is 122 Å². The fraction of sp³-hybridized carbons (Fsp3) is 0.538. The fourth-order valence-corrected chi connectivity index (χ4v) is 2.58. The van der Waals surface area contributed by atoms with Crippen molar-refractivity contribution in [2.45, 2.75) is 37.7 Å². The van der Waals surface area contributed by atoms with E-state index in [1.54, 1.807) is 18.5 Å². The molecule has 112 valence electrons. The molecular weight excluding hydrogens is 270 g/mol. The van der Waals surface area contributed by atoms with Gasteiger partial charge in [0.15, 0.2) is 0 Å². The molecule has 0 saturated heterocycles. The quantitative estimate of drug-likeness (QED) is 0.760. The number of rotatable bonds is 4. The van der Waals surface area contributed by atoms with Crippen molar-refractivity contribution >= 4 is 11.9 Å². The van der Waals surface area contributed by atoms with Gasteiger partial charge in [0.05, 0.1) is 5.60 Å². The van der Waals surface area contributed by atoms with Crippen molar-refractivity contribution in [1.29, 1.82) is 0 Å². The highest BCUT2D eigenvalue weighted by atomic mass is 16.3. The lowest BCUT2D eigenvalue weighted by molar-refractivity contribution is 0.0166. The SMILES string of the molecule is Nc1nc(NCC2(O)CCCCC2)nc(-n2cccn2)n1. The normalized spacial score (nSPS) is 17.6. The monoisotopic (exact) mass is 289 g/mol. The third-order valence-electron chi connectivity index (χ3n) is 3.71. The molecule has 8 nitrogen and oxygen atoms in total. The van der Waals surface area contributed by atoms with Crippen LogP contribution in [0.25, 0.3) is 5.95 Å². The molecule has 0 atom stereocenters. The summed E-state index contributed by atoms with van der Waals surface area (Å²) < 4.78 is 1.51. The van der Waals surface area contributed by atoms with Crippen LogP contribution < -0.4 is 11.1 Å². The maximum absolute atomic E-state index is 10.5. The van der Waals surface area contributed by atoms with Crippen molar-refractivity contribution in [2.24, 2.45) is 0 Å². The molecule has 0 unspecified atom stereocenters. The van der Waals surface area contributed by atoms with Crippen LogP contribution in [-0.2, 0) is 0 Å². The van der Waals surface area contributed by atoms with E-state index in [0.29, 0.717) is 18.4 Å². The maximum atomic E-state index is 10.5. The highest BCUT2D eigenvalue weighted by Crippen LogP contribution is 2.28. The smallest absolute Gasteiger partial charge is 0.257 e. The van der Waals surface area contributed by atoms with E-state index in [0.717, 1.165) is 25.7 Å². The number of nitrogens with two attached hydrogens (primary N) is 1. The summed E-state index contributed by atoms with van der Waals surface area (Å²) in [4.78, 5) is 12.4. The molecule has 1 aliphatic carbocycles. The Morgan fingerprint density at radius 2 is 2.05 bits per heavy atom. The van der Waals surface area contributed by atoms with Gasteiger partial charge in [0.1, 0.15) is 0 Å². The predicted octanol–water partition coefficient (Wildman–Crippen LogP) is 0.747. The number of nitrogens with one attached hydrogen (secondary N) is 1. The van der Waals surface area contributed by atoms with Crippen LogP contribution in [0.3, 0.4) is 0 Å². The van der Waals surface area contributed by atoms with Crippen molar-refractivity contribution in [1.82, 2.24) is 24.7 Å². The Morgan fingerprint density at radius 3 is 2.76 bits per heavy atom. The maximum Gasteiger partial charge on any atom is 0.257 e. The lowest BCUT2D eigenvalue weighted by Crippen LogP contribution is -2.39. The molecule has 2 heterocycles. The van der Waals surface area contributed by atoms with Gasteiger partial charge in [-0.3, -0.25) is 0 Å². The van der Waals surface area contributed by atoms with Crippen LogP contribution in [0.4, 0.5) is 11.9 Å². The van der Waals surface area contributed by atoms with Crippen molar-refractivity contribution in [3.8, 4) is 5.95 Å². The second-order valence-corrected chi connectivity index (χ2v) is 5.41. The Balaban J connectivity index is 1.73. The van der Waals surface area contributed by atoms with Gasteiger partial charge in [0.2, 0.25) is 11.9 Å². The summed E-state index contributed by atoms with van der Waals surface area (Å²) in [6, 6.07) is 1.78. The summed E-state index contributed by atoms with van der Waals surface area (Å²) in [5, 5.41) is 17.6. The van der Waals surface area contributed by atoms with Crippen molar-refractivity contribution in [3.63, 3.8) is 0 Å². The second kappa shape index (κ2) is 5.65. The van der Waals surface area contributed by atoms with Gasteiger partial charge < -0.3 is 16.2 Å².